The van der Waals surface area contributed by atoms with Gasteiger partial charge in [0.15, 0.2) is 0 Å². The molecule has 6 nitrogen and oxygen atoms in total. The number of hydrogen-bond acceptors (Lipinski definition) is 6. The Hall–Kier alpha value is -1.37. The quantitative estimate of drug-likeness (QED) is 0.784. The zero-order valence-corrected chi connectivity index (χ0v) is 12.5. The standard InChI is InChI=1S/C12H16BrN3O3/c1-3-19-11(17)9-5-4-6-16(9)12-14-7-8(13)10(15-12)18-2/h7,9H,3-6H2,1-2H3. The van der Waals surface area contributed by atoms with E-state index in [1.807, 2.05) is 4.90 Å². The molecule has 1 aromatic rings. The van der Waals surface area contributed by atoms with E-state index >= 15 is 0 Å². The van der Waals surface area contributed by atoms with Crippen LogP contribution in [0.1, 0.15) is 19.8 Å². The SMILES string of the molecule is CCOC(=O)C1CCCN1c1ncc(Br)c(OC)n1. The van der Waals surface area contributed by atoms with Crippen LogP contribution >= 0.6 is 15.9 Å². The lowest BCUT2D eigenvalue weighted by Gasteiger charge is -2.23. The van der Waals surface area contributed by atoms with E-state index in [4.69, 9.17) is 9.47 Å². The van der Waals surface area contributed by atoms with Crippen molar-refractivity contribution >= 4 is 27.8 Å². The van der Waals surface area contributed by atoms with E-state index in [-0.39, 0.29) is 12.0 Å². The first-order valence-corrected chi connectivity index (χ1v) is 6.96. The fourth-order valence-electron chi connectivity index (χ4n) is 2.11. The molecule has 1 aliphatic rings. The van der Waals surface area contributed by atoms with Crippen molar-refractivity contribution < 1.29 is 14.3 Å². The summed E-state index contributed by atoms with van der Waals surface area (Å²) < 4.78 is 10.9. The number of halogens is 1. The largest absolute Gasteiger partial charge is 0.480 e. The highest BCUT2D eigenvalue weighted by molar-refractivity contribution is 9.10. The molecule has 104 valence electrons. The minimum atomic E-state index is -0.300. The number of carbonyl (C=O) groups is 1. The van der Waals surface area contributed by atoms with Crippen LogP contribution in [-0.4, -0.2) is 42.2 Å². The number of rotatable bonds is 4. The number of nitrogens with zero attached hydrogens (tertiary/aromatic N) is 3. The molecule has 0 amide bonds. The van der Waals surface area contributed by atoms with Gasteiger partial charge in [-0.25, -0.2) is 9.78 Å². The summed E-state index contributed by atoms with van der Waals surface area (Å²) in [6.45, 7) is 2.93. The lowest BCUT2D eigenvalue weighted by atomic mass is 10.2. The monoisotopic (exact) mass is 329 g/mol. The van der Waals surface area contributed by atoms with Crippen LogP contribution in [-0.2, 0) is 9.53 Å². The minimum absolute atomic E-state index is 0.217. The molecular weight excluding hydrogens is 314 g/mol. The Morgan fingerprint density at radius 2 is 2.42 bits per heavy atom. The van der Waals surface area contributed by atoms with Crippen molar-refractivity contribution in [1.29, 1.82) is 0 Å². The van der Waals surface area contributed by atoms with E-state index in [0.29, 0.717) is 22.9 Å². The second-order valence-electron chi connectivity index (χ2n) is 4.13. The van der Waals surface area contributed by atoms with Crippen LogP contribution in [0.4, 0.5) is 5.95 Å². The second kappa shape index (κ2) is 6.18. The molecule has 0 aliphatic carbocycles. The molecule has 1 aliphatic heterocycles. The first-order chi connectivity index (χ1) is 9.17. The Kier molecular flexibility index (Phi) is 4.57. The van der Waals surface area contributed by atoms with Gasteiger partial charge in [0.2, 0.25) is 11.8 Å². The van der Waals surface area contributed by atoms with E-state index in [0.717, 1.165) is 19.4 Å². The van der Waals surface area contributed by atoms with Crippen LogP contribution in [0.2, 0.25) is 0 Å². The zero-order chi connectivity index (χ0) is 13.8. The number of hydrogen-bond donors (Lipinski definition) is 0. The number of esters is 1. The fraction of sp³-hybridized carbons (Fsp3) is 0.583. The van der Waals surface area contributed by atoms with Crippen molar-refractivity contribution in [2.24, 2.45) is 0 Å². The average molecular weight is 330 g/mol. The third kappa shape index (κ3) is 2.97. The maximum atomic E-state index is 11.9. The third-order valence-electron chi connectivity index (χ3n) is 2.96. The number of aromatic nitrogens is 2. The highest BCUT2D eigenvalue weighted by atomic mass is 79.9. The van der Waals surface area contributed by atoms with Gasteiger partial charge in [-0.15, -0.1) is 0 Å². The summed E-state index contributed by atoms with van der Waals surface area (Å²) in [5.74, 6) is 0.737. The molecule has 19 heavy (non-hydrogen) atoms. The smallest absolute Gasteiger partial charge is 0.328 e. The third-order valence-corrected chi connectivity index (χ3v) is 3.50. The van der Waals surface area contributed by atoms with Gasteiger partial charge >= 0.3 is 5.97 Å². The summed E-state index contributed by atoms with van der Waals surface area (Å²) in [6, 6.07) is -0.300. The Labute approximate surface area is 120 Å². The van der Waals surface area contributed by atoms with Crippen LogP contribution < -0.4 is 9.64 Å². The molecule has 0 radical (unpaired) electrons. The molecule has 0 saturated carbocycles. The van der Waals surface area contributed by atoms with E-state index in [1.54, 1.807) is 20.2 Å². The molecule has 0 N–H and O–H groups in total. The highest BCUT2D eigenvalue weighted by Crippen LogP contribution is 2.28. The molecular formula is C12H16BrN3O3. The second-order valence-corrected chi connectivity index (χ2v) is 4.99. The summed E-state index contributed by atoms with van der Waals surface area (Å²) >= 11 is 3.31. The van der Waals surface area contributed by atoms with Crippen molar-refractivity contribution in [3.05, 3.63) is 10.7 Å². The highest BCUT2D eigenvalue weighted by Gasteiger charge is 2.33. The van der Waals surface area contributed by atoms with Crippen LogP contribution in [0.3, 0.4) is 0 Å². The lowest BCUT2D eigenvalue weighted by Crippen LogP contribution is -2.38. The van der Waals surface area contributed by atoms with Gasteiger partial charge in [0.25, 0.3) is 0 Å². The molecule has 1 unspecified atom stereocenters. The minimum Gasteiger partial charge on any atom is -0.480 e. The normalized spacial score (nSPS) is 18.5. The predicted molar refractivity (Wildman–Crippen MR) is 73.3 cm³/mol. The predicted octanol–water partition coefficient (Wildman–Crippen LogP) is 1.78. The van der Waals surface area contributed by atoms with Gasteiger partial charge in [0.05, 0.1) is 24.4 Å². The summed E-state index contributed by atoms with van der Waals surface area (Å²) in [5, 5.41) is 0. The summed E-state index contributed by atoms with van der Waals surface area (Å²) in [5.41, 5.74) is 0. The molecule has 1 saturated heterocycles. The number of carbonyl (C=O) groups excluding carboxylic acids is 1. The van der Waals surface area contributed by atoms with Crippen LogP contribution in [0.25, 0.3) is 0 Å². The maximum absolute atomic E-state index is 11.9. The van der Waals surface area contributed by atoms with E-state index in [1.165, 1.54) is 0 Å². The fourth-order valence-corrected chi connectivity index (χ4v) is 2.47. The Morgan fingerprint density at radius 1 is 1.63 bits per heavy atom. The van der Waals surface area contributed by atoms with Crippen molar-refractivity contribution in [1.82, 2.24) is 9.97 Å². The molecule has 7 heteroatoms. The number of ether oxygens (including phenoxy) is 2. The summed E-state index contributed by atoms with van der Waals surface area (Å²) in [6.07, 6.45) is 3.31. The molecule has 1 fully saturated rings. The maximum Gasteiger partial charge on any atom is 0.328 e. The molecule has 2 heterocycles. The molecule has 0 aromatic carbocycles. The van der Waals surface area contributed by atoms with Crippen molar-refractivity contribution in [2.45, 2.75) is 25.8 Å². The number of methoxy groups -OCH3 is 1. The molecule has 1 atom stereocenters. The molecule has 0 spiro atoms. The van der Waals surface area contributed by atoms with Gasteiger partial charge in [-0.3, -0.25) is 0 Å². The molecule has 1 aromatic heterocycles. The first kappa shape index (κ1) is 14.0. The van der Waals surface area contributed by atoms with E-state index in [2.05, 4.69) is 25.9 Å². The summed E-state index contributed by atoms with van der Waals surface area (Å²) in [4.78, 5) is 22.3. The van der Waals surface area contributed by atoms with E-state index in [9.17, 15) is 4.79 Å². The van der Waals surface area contributed by atoms with E-state index < -0.39 is 0 Å². The van der Waals surface area contributed by atoms with Crippen molar-refractivity contribution in [2.75, 3.05) is 25.2 Å². The van der Waals surface area contributed by atoms with Crippen molar-refractivity contribution in [3.63, 3.8) is 0 Å². The number of anilines is 1. The Bertz CT molecular complexity index is 470. The van der Waals surface area contributed by atoms with Crippen LogP contribution in [0, 0.1) is 0 Å². The molecule has 0 bridgehead atoms. The molecule has 2 rings (SSSR count). The Balaban J connectivity index is 2.22. The summed E-state index contributed by atoms with van der Waals surface area (Å²) in [7, 11) is 1.55. The van der Waals surface area contributed by atoms with Gasteiger partial charge in [0, 0.05) is 6.54 Å². The lowest BCUT2D eigenvalue weighted by molar-refractivity contribution is -0.144. The first-order valence-electron chi connectivity index (χ1n) is 6.17. The zero-order valence-electron chi connectivity index (χ0n) is 10.9. The van der Waals surface area contributed by atoms with Crippen LogP contribution in [0.5, 0.6) is 5.88 Å². The van der Waals surface area contributed by atoms with Gasteiger partial charge < -0.3 is 14.4 Å². The Morgan fingerprint density at radius 3 is 3.11 bits per heavy atom. The average Bonchev–Trinajstić information content (AvgIpc) is 2.89. The topological polar surface area (TPSA) is 64.5 Å². The van der Waals surface area contributed by atoms with Crippen molar-refractivity contribution in [3.8, 4) is 5.88 Å². The van der Waals surface area contributed by atoms with Gasteiger partial charge in [0.1, 0.15) is 6.04 Å². The van der Waals surface area contributed by atoms with Gasteiger partial charge in [-0.1, -0.05) is 0 Å². The van der Waals surface area contributed by atoms with Gasteiger partial charge in [-0.2, -0.15) is 4.98 Å². The van der Waals surface area contributed by atoms with Crippen LogP contribution in [0.15, 0.2) is 10.7 Å². The van der Waals surface area contributed by atoms with Gasteiger partial charge in [-0.05, 0) is 35.7 Å².